The second-order valence-corrected chi connectivity index (χ2v) is 16.3. The van der Waals surface area contributed by atoms with Crippen molar-refractivity contribution in [1.29, 1.82) is 0 Å². The van der Waals surface area contributed by atoms with Gasteiger partial charge in [0.2, 0.25) is 21.8 Å². The molecule has 49 heavy (non-hydrogen) atoms. The number of halogens is 3. The number of hydrogen-bond donors (Lipinski definition) is 2. The molecule has 3 heterocycles. The number of carbonyl (C=O) groups is 2. The van der Waals surface area contributed by atoms with Gasteiger partial charge in [-0.1, -0.05) is 11.6 Å². The Bertz CT molecular complexity index is 1640. The Hall–Kier alpha value is -2.91. The van der Waals surface area contributed by atoms with E-state index in [2.05, 4.69) is 4.98 Å². The van der Waals surface area contributed by atoms with Crippen LogP contribution >= 0.6 is 11.6 Å². The number of aromatic nitrogens is 1. The zero-order chi connectivity index (χ0) is 35.0. The number of piperazine rings is 1. The molecule has 11 nitrogen and oxygen atoms in total. The Labute approximate surface area is 292 Å². The predicted molar refractivity (Wildman–Crippen MR) is 184 cm³/mol. The molecule has 1 aromatic heterocycles. The summed E-state index contributed by atoms with van der Waals surface area (Å²) < 4.78 is 61.7. The van der Waals surface area contributed by atoms with Crippen LogP contribution in [0.15, 0.2) is 41.3 Å². The molecule has 6 rings (SSSR count). The lowest BCUT2D eigenvalue weighted by atomic mass is 9.75. The largest absolute Gasteiger partial charge is 0.354 e. The van der Waals surface area contributed by atoms with E-state index in [1.165, 1.54) is 28.6 Å². The molecule has 0 spiro atoms. The number of nitrogens with two attached hydrogens (primary N) is 2. The van der Waals surface area contributed by atoms with Gasteiger partial charge in [0.05, 0.1) is 10.3 Å². The summed E-state index contributed by atoms with van der Waals surface area (Å²) in [5.41, 5.74) is 9.66. The van der Waals surface area contributed by atoms with Crippen LogP contribution in [0, 0.1) is 10.8 Å². The monoisotopic (exact) mass is 721 g/mol. The van der Waals surface area contributed by atoms with Crippen molar-refractivity contribution in [3.63, 3.8) is 0 Å². The molecule has 4 fully saturated rings. The number of alkyl halides is 2. The maximum absolute atomic E-state index is 16.7. The molecule has 2 amide bonds. The van der Waals surface area contributed by atoms with Crippen LogP contribution in [-0.2, 0) is 25.5 Å². The van der Waals surface area contributed by atoms with Crippen LogP contribution in [0.1, 0.15) is 63.4 Å². The van der Waals surface area contributed by atoms with Crippen molar-refractivity contribution in [2.75, 3.05) is 68.7 Å². The Morgan fingerprint density at radius 2 is 1.59 bits per heavy atom. The molecule has 2 saturated carbocycles. The van der Waals surface area contributed by atoms with Crippen LogP contribution in [0.5, 0.6) is 0 Å². The zero-order valence-corrected chi connectivity index (χ0v) is 29.3. The van der Waals surface area contributed by atoms with Crippen LogP contribution in [0.2, 0.25) is 5.15 Å². The predicted octanol–water partition coefficient (Wildman–Crippen LogP) is 3.94. The minimum absolute atomic E-state index is 0.0241. The fourth-order valence-corrected chi connectivity index (χ4v) is 9.92. The van der Waals surface area contributed by atoms with E-state index in [4.69, 9.17) is 23.1 Å². The van der Waals surface area contributed by atoms with E-state index in [-0.39, 0.29) is 78.7 Å². The maximum atomic E-state index is 16.7. The number of amides is 2. The van der Waals surface area contributed by atoms with Gasteiger partial charge in [-0.25, -0.2) is 22.2 Å². The fraction of sp³-hybridized carbons (Fsp3) is 0.618. The second kappa shape index (κ2) is 14.0. The van der Waals surface area contributed by atoms with Gasteiger partial charge in [-0.3, -0.25) is 9.59 Å². The molecule has 2 bridgehead atoms. The average molecular weight is 722 g/mol. The zero-order valence-electron chi connectivity index (χ0n) is 27.8. The van der Waals surface area contributed by atoms with Crippen molar-refractivity contribution in [2.24, 2.45) is 22.3 Å². The maximum Gasteiger partial charge on any atom is 0.279 e. The molecule has 0 radical (unpaired) electrons. The molecular weight excluding hydrogens is 676 g/mol. The fourth-order valence-electron chi connectivity index (χ4n) is 8.30. The summed E-state index contributed by atoms with van der Waals surface area (Å²) in [5, 5.41) is -0.0664. The van der Waals surface area contributed by atoms with Crippen molar-refractivity contribution < 1.29 is 26.8 Å². The van der Waals surface area contributed by atoms with Crippen molar-refractivity contribution in [1.82, 2.24) is 14.2 Å². The quantitative estimate of drug-likeness (QED) is 0.296. The van der Waals surface area contributed by atoms with Crippen molar-refractivity contribution in [3.8, 4) is 0 Å². The summed E-state index contributed by atoms with van der Waals surface area (Å²) in [7, 11) is -3.82. The first kappa shape index (κ1) is 35.9. The number of fused-ring (bicyclic) bond motifs is 2. The number of sulfonamides is 1. The van der Waals surface area contributed by atoms with E-state index in [0.29, 0.717) is 70.5 Å². The van der Waals surface area contributed by atoms with Gasteiger partial charge in [-0.15, -0.1) is 0 Å². The summed E-state index contributed by atoms with van der Waals surface area (Å²) in [6, 6.07) is 8.92. The van der Waals surface area contributed by atoms with E-state index in [1.54, 1.807) is 26.8 Å². The standard InChI is InChI=1S/C34H46ClF2N7O4S/c35-28-22-25(34(36,37)33-11-9-32(24-33,10-12-33)31(46)42(15-2-13-38)16-3-14-39)23-29(40-28)41-18-20-43(21-19-41)49(47,48)27-7-5-26(6-8-27)44-17-1-4-30(44)45/h5-8,22-23H,1-4,9-21,24,38-39H2. The third kappa shape index (κ3) is 6.66. The van der Waals surface area contributed by atoms with E-state index in [1.807, 2.05) is 0 Å². The number of hydrogen-bond acceptors (Lipinski definition) is 8. The molecular formula is C34H46ClF2N7O4S. The SMILES string of the molecule is NCCCN(CCCN)C(=O)C12CCC(C(F)(F)c3cc(Cl)nc(N4CCN(S(=O)(=O)c5ccc(N6CCCC6=O)cc5)CC4)c3)(CC1)C2. The van der Waals surface area contributed by atoms with Crippen molar-refractivity contribution in [3.05, 3.63) is 47.1 Å². The summed E-state index contributed by atoms with van der Waals surface area (Å²) >= 11 is 6.36. The van der Waals surface area contributed by atoms with Gasteiger partial charge in [0.15, 0.2) is 0 Å². The van der Waals surface area contributed by atoms with Crippen molar-refractivity contribution in [2.45, 2.75) is 68.6 Å². The molecule has 4 aliphatic rings. The number of rotatable bonds is 13. The van der Waals surface area contributed by atoms with Gasteiger partial charge in [0.1, 0.15) is 11.0 Å². The van der Waals surface area contributed by atoms with E-state index < -0.39 is 26.8 Å². The lowest BCUT2D eigenvalue weighted by Crippen LogP contribution is -2.49. The summed E-state index contributed by atoms with van der Waals surface area (Å²) in [6.07, 6.45) is 3.92. The molecule has 2 aliphatic heterocycles. The highest BCUT2D eigenvalue weighted by Gasteiger charge is 2.68. The molecule has 0 atom stereocenters. The smallest absolute Gasteiger partial charge is 0.279 e. The molecule has 0 unspecified atom stereocenters. The van der Waals surface area contributed by atoms with Crippen molar-refractivity contribution >= 4 is 44.9 Å². The van der Waals surface area contributed by atoms with Crippen LogP contribution in [0.4, 0.5) is 20.3 Å². The number of anilines is 2. The lowest BCUT2D eigenvalue weighted by molar-refractivity contribution is -0.142. The number of benzene rings is 1. The molecule has 2 aliphatic carbocycles. The van der Waals surface area contributed by atoms with E-state index in [9.17, 15) is 18.0 Å². The molecule has 4 N–H and O–H groups in total. The van der Waals surface area contributed by atoms with Crippen LogP contribution in [0.25, 0.3) is 0 Å². The summed E-state index contributed by atoms with van der Waals surface area (Å²) in [5.74, 6) is -3.04. The third-order valence-electron chi connectivity index (χ3n) is 11.1. The van der Waals surface area contributed by atoms with E-state index in [0.717, 1.165) is 6.42 Å². The van der Waals surface area contributed by atoms with E-state index >= 15 is 8.78 Å². The second-order valence-electron chi connectivity index (χ2n) is 14.0. The van der Waals surface area contributed by atoms with Gasteiger partial charge < -0.3 is 26.2 Å². The number of pyridine rings is 1. The minimum Gasteiger partial charge on any atom is -0.354 e. The molecule has 2 aromatic rings. The molecule has 2 saturated heterocycles. The Kier molecular flexibility index (Phi) is 10.3. The highest BCUT2D eigenvalue weighted by molar-refractivity contribution is 7.89. The van der Waals surface area contributed by atoms with Crippen LogP contribution < -0.4 is 21.3 Å². The van der Waals surface area contributed by atoms with Gasteiger partial charge in [0, 0.05) is 68.9 Å². The van der Waals surface area contributed by atoms with Gasteiger partial charge in [-0.2, -0.15) is 4.31 Å². The Morgan fingerprint density at radius 3 is 2.16 bits per heavy atom. The van der Waals surface area contributed by atoms with Gasteiger partial charge >= 0.3 is 0 Å². The summed E-state index contributed by atoms with van der Waals surface area (Å²) in [4.78, 5) is 35.6. The van der Waals surface area contributed by atoms with Crippen LogP contribution in [0.3, 0.4) is 0 Å². The highest BCUT2D eigenvalue weighted by Crippen LogP contribution is 2.69. The lowest BCUT2D eigenvalue weighted by Gasteiger charge is -2.37. The number of carbonyl (C=O) groups excluding carboxylic acids is 2. The highest BCUT2D eigenvalue weighted by atomic mass is 35.5. The topological polar surface area (TPSA) is 146 Å². The third-order valence-corrected chi connectivity index (χ3v) is 13.2. The molecule has 1 aromatic carbocycles. The first-order valence-electron chi connectivity index (χ1n) is 17.3. The molecule has 268 valence electrons. The Balaban J connectivity index is 1.14. The average Bonchev–Trinajstić information content (AvgIpc) is 3.83. The minimum atomic E-state index is -3.82. The normalized spacial score (nSPS) is 24.6. The van der Waals surface area contributed by atoms with Crippen LogP contribution in [-0.4, -0.2) is 93.3 Å². The molecule has 15 heteroatoms. The van der Waals surface area contributed by atoms with Gasteiger partial charge in [0.25, 0.3) is 5.92 Å². The first-order chi connectivity index (χ1) is 23.4. The first-order valence-corrected chi connectivity index (χ1v) is 19.1. The summed E-state index contributed by atoms with van der Waals surface area (Å²) in [6.45, 7) is 3.22. The Morgan fingerprint density at radius 1 is 0.959 bits per heavy atom. The van der Waals surface area contributed by atoms with Gasteiger partial charge in [-0.05, 0) is 101 Å². The number of nitrogens with zero attached hydrogens (tertiary/aromatic N) is 5.